The third-order valence-corrected chi connectivity index (χ3v) is 3.80. The Bertz CT molecular complexity index is 461. The lowest BCUT2D eigenvalue weighted by atomic mass is 10.3. The molecule has 1 saturated heterocycles. The number of rotatable bonds is 2. The molecule has 0 radical (unpaired) electrons. The van der Waals surface area contributed by atoms with Gasteiger partial charge in [0, 0.05) is 5.02 Å². The topological polar surface area (TPSA) is 31.7 Å². The fourth-order valence-electron chi connectivity index (χ4n) is 1.88. The zero-order valence-corrected chi connectivity index (χ0v) is 13.0. The second-order valence-corrected chi connectivity index (χ2v) is 5.89. The largest absolute Gasteiger partial charge is 0.335 e. The van der Waals surface area contributed by atoms with Crippen LogP contribution in [0.1, 0.15) is 0 Å². The van der Waals surface area contributed by atoms with Crippen molar-refractivity contribution in [2.45, 2.75) is 0 Å². The average Bonchev–Trinajstić information content (AvgIpc) is 2.36. The predicted octanol–water partition coefficient (Wildman–Crippen LogP) is 1.03. The molecular weight excluding hydrogens is 303 g/mol. The van der Waals surface area contributed by atoms with Crippen LogP contribution >= 0.6 is 35.4 Å². The van der Waals surface area contributed by atoms with Crippen LogP contribution in [0.5, 0.6) is 0 Å². The van der Waals surface area contributed by atoms with E-state index >= 15 is 0 Å². The minimum Gasteiger partial charge on any atom is -0.335 e. The molecule has 0 spiro atoms. The zero-order chi connectivity index (χ0) is 13.8. The fraction of sp³-hybridized carbons (Fsp3) is 0.417. The molecule has 3 N–H and O–H groups in total. The molecule has 0 aliphatic carbocycles. The third kappa shape index (κ3) is 4.47. The first-order chi connectivity index (χ1) is 9.04. The number of thiocarbonyl (C=S) groups is 1. The number of hydrazine groups is 1. The minimum atomic E-state index is 0.545. The van der Waals surface area contributed by atoms with E-state index < -0.39 is 0 Å². The van der Waals surface area contributed by atoms with Gasteiger partial charge in [0.1, 0.15) is 0 Å². The Labute approximate surface area is 128 Å². The van der Waals surface area contributed by atoms with Crippen molar-refractivity contribution in [3.63, 3.8) is 0 Å². The average molecular weight is 320 g/mol. The van der Waals surface area contributed by atoms with Gasteiger partial charge in [0.2, 0.25) is 0 Å². The minimum absolute atomic E-state index is 0.545. The van der Waals surface area contributed by atoms with Gasteiger partial charge in [-0.3, -0.25) is 5.43 Å². The summed E-state index contributed by atoms with van der Waals surface area (Å²) in [5.41, 5.74) is 3.93. The van der Waals surface area contributed by atoms with Gasteiger partial charge in [-0.1, -0.05) is 23.2 Å². The van der Waals surface area contributed by atoms with Crippen LogP contribution in [0.15, 0.2) is 18.2 Å². The number of benzene rings is 1. The first-order valence-corrected chi connectivity index (χ1v) is 7.30. The number of piperazine rings is 1. The van der Waals surface area contributed by atoms with Gasteiger partial charge in [-0.2, -0.15) is 0 Å². The van der Waals surface area contributed by atoms with E-state index in [1.54, 1.807) is 12.1 Å². The lowest BCUT2D eigenvalue weighted by Crippen LogP contribution is -3.12. The molecule has 0 amide bonds. The van der Waals surface area contributed by atoms with Crippen molar-refractivity contribution in [2.24, 2.45) is 0 Å². The fourth-order valence-corrected chi connectivity index (χ4v) is 2.58. The Morgan fingerprint density at radius 3 is 2.63 bits per heavy atom. The van der Waals surface area contributed by atoms with Gasteiger partial charge in [-0.15, -0.1) is 0 Å². The molecule has 1 aromatic carbocycles. The number of nitrogens with one attached hydrogen (secondary N) is 3. The van der Waals surface area contributed by atoms with Crippen LogP contribution < -0.4 is 15.6 Å². The summed E-state index contributed by atoms with van der Waals surface area (Å²) in [6, 6.07) is 5.28. The summed E-state index contributed by atoms with van der Waals surface area (Å²) in [7, 11) is 2.20. The van der Waals surface area contributed by atoms with Crippen LogP contribution in [0, 0.1) is 0 Å². The van der Waals surface area contributed by atoms with E-state index in [9.17, 15) is 0 Å². The predicted molar refractivity (Wildman–Crippen MR) is 84.0 cm³/mol. The van der Waals surface area contributed by atoms with E-state index in [1.165, 1.54) is 4.90 Å². The highest BCUT2D eigenvalue weighted by Crippen LogP contribution is 2.25. The zero-order valence-electron chi connectivity index (χ0n) is 10.7. The number of hydrogen-bond donors (Lipinski definition) is 3. The molecule has 0 aromatic heterocycles. The van der Waals surface area contributed by atoms with Crippen LogP contribution in [-0.2, 0) is 0 Å². The molecule has 104 valence electrons. The molecule has 0 saturated carbocycles. The molecule has 1 aromatic rings. The molecule has 1 aliphatic rings. The monoisotopic (exact) mass is 319 g/mol. The van der Waals surface area contributed by atoms with Crippen LogP contribution in [-0.4, -0.2) is 43.3 Å². The summed E-state index contributed by atoms with van der Waals surface area (Å²) in [4.78, 5) is 1.54. The number of nitrogens with zero attached hydrogens (tertiary/aromatic N) is 1. The van der Waals surface area contributed by atoms with Crippen molar-refractivity contribution < 1.29 is 4.90 Å². The highest BCUT2D eigenvalue weighted by atomic mass is 35.5. The SMILES string of the molecule is C[NH+]1CCN(NC(=S)Nc2ccc(Cl)cc2Cl)CC1. The number of likely N-dealkylation sites (N-methyl/N-ethyl adjacent to an activating group) is 1. The van der Waals surface area contributed by atoms with Crippen molar-refractivity contribution in [2.75, 3.05) is 38.5 Å². The van der Waals surface area contributed by atoms with Crippen molar-refractivity contribution >= 4 is 46.2 Å². The maximum Gasteiger partial charge on any atom is 0.185 e. The molecule has 0 atom stereocenters. The molecule has 0 bridgehead atoms. The normalized spacial score (nSPS) is 17.2. The van der Waals surface area contributed by atoms with Crippen LogP contribution in [0.4, 0.5) is 5.69 Å². The van der Waals surface area contributed by atoms with E-state index in [1.807, 2.05) is 6.07 Å². The molecule has 4 nitrogen and oxygen atoms in total. The van der Waals surface area contributed by atoms with Gasteiger partial charge >= 0.3 is 0 Å². The Balaban J connectivity index is 1.87. The van der Waals surface area contributed by atoms with Crippen molar-refractivity contribution in [1.29, 1.82) is 0 Å². The summed E-state index contributed by atoms with van der Waals surface area (Å²) in [5.74, 6) is 0. The highest BCUT2D eigenvalue weighted by Gasteiger charge is 2.17. The van der Waals surface area contributed by atoms with Gasteiger partial charge in [0.05, 0.1) is 43.9 Å². The smallest absolute Gasteiger partial charge is 0.185 e. The molecular formula is C12H17Cl2N4S+. The van der Waals surface area contributed by atoms with E-state index in [2.05, 4.69) is 22.8 Å². The quantitative estimate of drug-likeness (QED) is 0.711. The van der Waals surface area contributed by atoms with E-state index in [4.69, 9.17) is 35.4 Å². The maximum absolute atomic E-state index is 6.08. The second kappa shape index (κ2) is 6.72. The Hall–Kier alpha value is -0.590. The van der Waals surface area contributed by atoms with Gasteiger partial charge in [0.25, 0.3) is 0 Å². The number of hydrogen-bond acceptors (Lipinski definition) is 2. The molecule has 7 heteroatoms. The second-order valence-electron chi connectivity index (χ2n) is 4.63. The van der Waals surface area contributed by atoms with Crippen LogP contribution in [0.3, 0.4) is 0 Å². The van der Waals surface area contributed by atoms with E-state index in [0.717, 1.165) is 31.9 Å². The Kier molecular flexibility index (Phi) is 5.24. The maximum atomic E-state index is 6.08. The third-order valence-electron chi connectivity index (χ3n) is 3.06. The highest BCUT2D eigenvalue weighted by molar-refractivity contribution is 7.80. The lowest BCUT2D eigenvalue weighted by Gasteiger charge is -2.31. The molecule has 19 heavy (non-hydrogen) atoms. The summed E-state index contributed by atoms with van der Waals surface area (Å²) < 4.78 is 0. The molecule has 1 fully saturated rings. The van der Waals surface area contributed by atoms with Gasteiger partial charge < -0.3 is 10.2 Å². The summed E-state index contributed by atoms with van der Waals surface area (Å²) in [6.07, 6.45) is 0. The summed E-state index contributed by atoms with van der Waals surface area (Å²) in [5, 5.41) is 6.90. The van der Waals surface area contributed by atoms with Gasteiger partial charge in [0.15, 0.2) is 5.11 Å². The van der Waals surface area contributed by atoms with Crippen LogP contribution in [0.25, 0.3) is 0 Å². The number of quaternary nitrogens is 1. The van der Waals surface area contributed by atoms with Gasteiger partial charge in [-0.25, -0.2) is 5.01 Å². The first kappa shape index (κ1) is 14.8. The number of halogens is 2. The summed E-state index contributed by atoms with van der Waals surface area (Å²) in [6.45, 7) is 4.17. The first-order valence-electron chi connectivity index (χ1n) is 6.13. The van der Waals surface area contributed by atoms with E-state index in [0.29, 0.717) is 15.2 Å². The summed E-state index contributed by atoms with van der Waals surface area (Å²) >= 11 is 17.2. The Morgan fingerprint density at radius 2 is 2.00 bits per heavy atom. The molecule has 1 aliphatic heterocycles. The van der Waals surface area contributed by atoms with Gasteiger partial charge in [-0.05, 0) is 30.4 Å². The van der Waals surface area contributed by atoms with Crippen molar-refractivity contribution in [3.05, 3.63) is 28.2 Å². The van der Waals surface area contributed by atoms with E-state index in [-0.39, 0.29) is 0 Å². The lowest BCUT2D eigenvalue weighted by molar-refractivity contribution is -0.884. The molecule has 2 rings (SSSR count). The van der Waals surface area contributed by atoms with Crippen molar-refractivity contribution in [3.8, 4) is 0 Å². The van der Waals surface area contributed by atoms with Crippen molar-refractivity contribution in [1.82, 2.24) is 10.4 Å². The van der Waals surface area contributed by atoms with Crippen LogP contribution in [0.2, 0.25) is 10.0 Å². The molecule has 0 unspecified atom stereocenters. The molecule has 1 heterocycles. The standard InChI is InChI=1S/C12H16Cl2N4S/c1-17-4-6-18(7-5-17)16-12(19)15-11-3-2-9(13)8-10(11)14/h2-3,8H,4-7H2,1H3,(H2,15,16,19)/p+1. The number of anilines is 1. The Morgan fingerprint density at radius 1 is 1.32 bits per heavy atom.